The first-order valence-corrected chi connectivity index (χ1v) is 5.79. The molecule has 4 heteroatoms. The third-order valence-electron chi connectivity index (χ3n) is 2.05. The Hall–Kier alpha value is -0.810. The van der Waals surface area contributed by atoms with Gasteiger partial charge in [-0.1, -0.05) is 23.7 Å². The first-order chi connectivity index (χ1) is 7.16. The molecule has 0 aliphatic rings. The number of nitrogen functional groups attached to an aromatic ring is 1. The lowest BCUT2D eigenvalue weighted by molar-refractivity contribution is 1.32. The average molecular weight is 331 g/mol. The van der Waals surface area contributed by atoms with Crippen molar-refractivity contribution in [2.45, 2.75) is 0 Å². The molecule has 1 aromatic heterocycles. The number of hydrogen-bond donors (Lipinski definition) is 1. The summed E-state index contributed by atoms with van der Waals surface area (Å²) in [7, 11) is 0. The lowest BCUT2D eigenvalue weighted by Gasteiger charge is -2.03. The van der Waals surface area contributed by atoms with E-state index in [4.69, 9.17) is 17.3 Å². The Kier molecular flexibility index (Phi) is 3.11. The maximum absolute atomic E-state index is 5.82. The second-order valence-electron chi connectivity index (χ2n) is 3.10. The topological polar surface area (TPSA) is 38.9 Å². The van der Waals surface area contributed by atoms with E-state index in [1.165, 1.54) is 0 Å². The number of aromatic nitrogens is 1. The van der Waals surface area contributed by atoms with Crippen molar-refractivity contribution in [3.63, 3.8) is 0 Å². The van der Waals surface area contributed by atoms with E-state index in [2.05, 4.69) is 27.6 Å². The summed E-state index contributed by atoms with van der Waals surface area (Å²) >= 11 is 7.99. The Morgan fingerprint density at radius 3 is 2.40 bits per heavy atom. The number of rotatable bonds is 1. The molecule has 0 unspecified atom stereocenters. The predicted octanol–water partition coefficient (Wildman–Crippen LogP) is 3.59. The Balaban J connectivity index is 2.45. The highest BCUT2D eigenvalue weighted by atomic mass is 127. The van der Waals surface area contributed by atoms with Crippen LogP contribution in [0.25, 0.3) is 11.1 Å². The van der Waals surface area contributed by atoms with Gasteiger partial charge < -0.3 is 5.73 Å². The van der Waals surface area contributed by atoms with Crippen LogP contribution in [0.15, 0.2) is 36.5 Å². The van der Waals surface area contributed by atoms with Crippen LogP contribution in [0.2, 0.25) is 5.02 Å². The molecule has 2 N–H and O–H groups in total. The molecule has 0 bridgehead atoms. The van der Waals surface area contributed by atoms with Crippen molar-refractivity contribution in [3.8, 4) is 11.1 Å². The van der Waals surface area contributed by atoms with Crippen LogP contribution in [0, 0.1) is 3.57 Å². The standard InChI is InChI=1S/C11H8ClIN2/c12-9-3-1-7(2-4-9)8-5-10(13)11(14)15-6-8/h1-6H,(H2,14,15). The van der Waals surface area contributed by atoms with E-state index in [-0.39, 0.29) is 0 Å². The van der Waals surface area contributed by atoms with E-state index in [1.807, 2.05) is 30.3 Å². The lowest BCUT2D eigenvalue weighted by atomic mass is 10.1. The van der Waals surface area contributed by atoms with Crippen LogP contribution in [0.4, 0.5) is 5.82 Å². The van der Waals surface area contributed by atoms with Crippen molar-refractivity contribution in [1.82, 2.24) is 4.98 Å². The molecule has 0 saturated carbocycles. The Labute approximate surface area is 107 Å². The molecule has 0 atom stereocenters. The second-order valence-corrected chi connectivity index (χ2v) is 4.70. The number of halogens is 2. The van der Waals surface area contributed by atoms with Crippen LogP contribution >= 0.6 is 34.2 Å². The summed E-state index contributed by atoms with van der Waals surface area (Å²) in [4.78, 5) is 4.11. The van der Waals surface area contributed by atoms with Crippen LogP contribution in [0.1, 0.15) is 0 Å². The Morgan fingerprint density at radius 1 is 1.13 bits per heavy atom. The number of pyridine rings is 1. The summed E-state index contributed by atoms with van der Waals surface area (Å²) in [5, 5.41) is 0.733. The quantitative estimate of drug-likeness (QED) is 0.812. The van der Waals surface area contributed by atoms with Crippen LogP contribution in [0.3, 0.4) is 0 Å². The van der Waals surface area contributed by atoms with Gasteiger partial charge in [0.15, 0.2) is 0 Å². The molecule has 0 fully saturated rings. The zero-order chi connectivity index (χ0) is 10.8. The highest BCUT2D eigenvalue weighted by molar-refractivity contribution is 14.1. The number of nitrogens with zero attached hydrogens (tertiary/aromatic N) is 1. The van der Waals surface area contributed by atoms with Gasteiger partial charge in [0.2, 0.25) is 0 Å². The maximum Gasteiger partial charge on any atom is 0.136 e. The van der Waals surface area contributed by atoms with Crippen molar-refractivity contribution >= 4 is 40.0 Å². The molecule has 15 heavy (non-hydrogen) atoms. The molecule has 1 aromatic carbocycles. The lowest BCUT2D eigenvalue weighted by Crippen LogP contribution is -1.93. The van der Waals surface area contributed by atoms with Crippen molar-refractivity contribution < 1.29 is 0 Å². The largest absolute Gasteiger partial charge is 0.383 e. The van der Waals surface area contributed by atoms with E-state index in [0.717, 1.165) is 19.7 Å². The molecule has 0 aliphatic heterocycles. The summed E-state index contributed by atoms with van der Waals surface area (Å²) < 4.78 is 0.958. The second kappa shape index (κ2) is 4.37. The van der Waals surface area contributed by atoms with Crippen LogP contribution in [0.5, 0.6) is 0 Å². The fraction of sp³-hybridized carbons (Fsp3) is 0. The van der Waals surface area contributed by atoms with Crippen molar-refractivity contribution in [3.05, 3.63) is 45.1 Å². The Bertz CT molecular complexity index is 482. The van der Waals surface area contributed by atoms with Crippen molar-refractivity contribution in [1.29, 1.82) is 0 Å². The predicted molar refractivity (Wildman–Crippen MR) is 71.8 cm³/mol. The van der Waals surface area contributed by atoms with Crippen LogP contribution in [-0.4, -0.2) is 4.98 Å². The van der Waals surface area contributed by atoms with Gasteiger partial charge in [0.05, 0.1) is 3.57 Å². The first kappa shape index (κ1) is 10.7. The molecule has 2 aromatic rings. The normalized spacial score (nSPS) is 10.3. The fourth-order valence-corrected chi connectivity index (χ4v) is 1.85. The van der Waals surface area contributed by atoms with Gasteiger partial charge in [-0.05, 0) is 46.4 Å². The Morgan fingerprint density at radius 2 is 1.80 bits per heavy atom. The van der Waals surface area contributed by atoms with E-state index in [9.17, 15) is 0 Å². The number of benzene rings is 1. The van der Waals surface area contributed by atoms with Gasteiger partial charge in [0.1, 0.15) is 5.82 Å². The SMILES string of the molecule is Nc1ncc(-c2ccc(Cl)cc2)cc1I. The molecular weight excluding hydrogens is 322 g/mol. The molecule has 0 radical (unpaired) electrons. The molecule has 0 spiro atoms. The molecule has 76 valence electrons. The minimum Gasteiger partial charge on any atom is -0.383 e. The summed E-state index contributed by atoms with van der Waals surface area (Å²) in [6, 6.07) is 9.66. The third-order valence-corrected chi connectivity index (χ3v) is 3.16. The third kappa shape index (κ3) is 2.41. The summed E-state index contributed by atoms with van der Waals surface area (Å²) in [5.41, 5.74) is 7.79. The van der Waals surface area contributed by atoms with Gasteiger partial charge in [-0.15, -0.1) is 0 Å². The molecule has 1 heterocycles. The van der Waals surface area contributed by atoms with Gasteiger partial charge >= 0.3 is 0 Å². The average Bonchev–Trinajstić information content (AvgIpc) is 2.23. The summed E-state index contributed by atoms with van der Waals surface area (Å²) in [5.74, 6) is 0.563. The molecular formula is C11H8ClIN2. The highest BCUT2D eigenvalue weighted by Crippen LogP contribution is 2.24. The molecule has 0 aliphatic carbocycles. The smallest absolute Gasteiger partial charge is 0.136 e. The zero-order valence-corrected chi connectivity index (χ0v) is 10.7. The molecule has 0 amide bonds. The monoisotopic (exact) mass is 330 g/mol. The van der Waals surface area contributed by atoms with Crippen molar-refractivity contribution in [2.24, 2.45) is 0 Å². The minimum atomic E-state index is 0.563. The van der Waals surface area contributed by atoms with Crippen LogP contribution in [-0.2, 0) is 0 Å². The van der Waals surface area contributed by atoms with Gasteiger partial charge in [0, 0.05) is 16.8 Å². The fourth-order valence-electron chi connectivity index (χ4n) is 1.25. The minimum absolute atomic E-state index is 0.563. The first-order valence-electron chi connectivity index (χ1n) is 4.34. The molecule has 2 nitrogen and oxygen atoms in total. The number of anilines is 1. The highest BCUT2D eigenvalue weighted by Gasteiger charge is 2.01. The van der Waals surface area contributed by atoms with Gasteiger partial charge in [-0.2, -0.15) is 0 Å². The van der Waals surface area contributed by atoms with Gasteiger partial charge in [0.25, 0.3) is 0 Å². The van der Waals surface area contributed by atoms with Crippen molar-refractivity contribution in [2.75, 3.05) is 5.73 Å². The van der Waals surface area contributed by atoms with E-state index in [0.29, 0.717) is 5.82 Å². The zero-order valence-electron chi connectivity index (χ0n) is 7.74. The van der Waals surface area contributed by atoms with E-state index < -0.39 is 0 Å². The van der Waals surface area contributed by atoms with Gasteiger partial charge in [-0.3, -0.25) is 0 Å². The summed E-state index contributed by atoms with van der Waals surface area (Å²) in [6.45, 7) is 0. The van der Waals surface area contributed by atoms with Crippen LogP contribution < -0.4 is 5.73 Å². The van der Waals surface area contributed by atoms with E-state index in [1.54, 1.807) is 6.20 Å². The molecule has 0 saturated heterocycles. The maximum atomic E-state index is 5.82. The van der Waals surface area contributed by atoms with E-state index >= 15 is 0 Å². The number of nitrogens with two attached hydrogens (primary N) is 1. The number of hydrogen-bond acceptors (Lipinski definition) is 2. The van der Waals surface area contributed by atoms with Gasteiger partial charge in [-0.25, -0.2) is 4.98 Å². The summed E-state index contributed by atoms with van der Waals surface area (Å²) in [6.07, 6.45) is 1.76. The molecule has 2 rings (SSSR count).